The van der Waals surface area contributed by atoms with Crippen LogP contribution in [0.1, 0.15) is 12.0 Å². The molecule has 0 aromatic heterocycles. The van der Waals surface area contributed by atoms with Gasteiger partial charge in [0.15, 0.2) is 0 Å². The minimum atomic E-state index is -0.184. The van der Waals surface area contributed by atoms with Gasteiger partial charge in [-0.2, -0.15) is 0 Å². The molecule has 0 aliphatic carbocycles. The number of aromatic hydroxyl groups is 1. The van der Waals surface area contributed by atoms with E-state index < -0.39 is 0 Å². The quantitative estimate of drug-likeness (QED) is 0.554. The fourth-order valence-corrected chi connectivity index (χ4v) is 1.04. The van der Waals surface area contributed by atoms with Gasteiger partial charge in [-0.3, -0.25) is 4.79 Å². The Hall–Kier alpha value is -1.64. The summed E-state index contributed by atoms with van der Waals surface area (Å²) in [6.07, 6.45) is 0.599. The largest absolute Gasteiger partial charge is 0.508 e. The van der Waals surface area contributed by atoms with Gasteiger partial charge in [0.2, 0.25) is 0 Å². The third-order valence-corrected chi connectivity index (χ3v) is 1.69. The Balaban J connectivity index is 2.68. The highest BCUT2D eigenvalue weighted by atomic mass is 16.3. The molecule has 1 rings (SSSR count). The monoisotopic (exact) mass is 178 g/mol. The van der Waals surface area contributed by atoms with Gasteiger partial charge in [0.25, 0.3) is 0 Å². The average Bonchev–Trinajstić information content (AvgIpc) is 2.09. The Kier molecular flexibility index (Phi) is 3.20. The molecule has 0 unspecified atom stereocenters. The smallest absolute Gasteiger partial charge is 0.144 e. The van der Waals surface area contributed by atoms with Crippen molar-refractivity contribution >= 4 is 12.1 Å². The van der Waals surface area contributed by atoms with E-state index in [1.54, 1.807) is 18.2 Å². The van der Waals surface area contributed by atoms with E-state index in [9.17, 15) is 14.7 Å². The van der Waals surface area contributed by atoms with Gasteiger partial charge in [-0.15, -0.1) is 0 Å². The lowest BCUT2D eigenvalue weighted by Gasteiger charge is -2.00. The molecule has 1 N–H and O–H groups in total. The summed E-state index contributed by atoms with van der Waals surface area (Å²) in [7, 11) is 0. The molecule has 0 bridgehead atoms. The molecule has 1 aromatic carbocycles. The van der Waals surface area contributed by atoms with Crippen molar-refractivity contribution in [1.82, 2.24) is 0 Å². The van der Waals surface area contributed by atoms with Gasteiger partial charge in [-0.05, 0) is 6.07 Å². The molecule has 68 valence electrons. The van der Waals surface area contributed by atoms with Crippen molar-refractivity contribution in [2.24, 2.45) is 0 Å². The number of benzene rings is 1. The number of Topliss-reactive ketones (excluding diaryl/α,β-unsaturated/α-hetero) is 1. The van der Waals surface area contributed by atoms with E-state index in [2.05, 4.69) is 0 Å². The fourth-order valence-electron chi connectivity index (χ4n) is 1.04. The molecular weight excluding hydrogens is 168 g/mol. The van der Waals surface area contributed by atoms with Crippen LogP contribution in [0.2, 0.25) is 0 Å². The number of hydrogen-bond acceptors (Lipinski definition) is 3. The normalized spacial score (nSPS) is 9.54. The third-order valence-electron chi connectivity index (χ3n) is 1.69. The van der Waals surface area contributed by atoms with Crippen LogP contribution in [0.5, 0.6) is 5.75 Å². The first-order valence-electron chi connectivity index (χ1n) is 3.96. The Labute approximate surface area is 76.0 Å². The summed E-state index contributed by atoms with van der Waals surface area (Å²) in [6.45, 7) is 0. The van der Waals surface area contributed by atoms with Crippen molar-refractivity contribution < 1.29 is 14.7 Å². The average molecular weight is 178 g/mol. The third kappa shape index (κ3) is 2.71. The first-order chi connectivity index (χ1) is 6.24. The number of phenolic OH excluding ortho intramolecular Hbond substituents is 1. The number of carbonyl (C=O) groups is 2. The lowest BCUT2D eigenvalue weighted by Crippen LogP contribution is -2.02. The number of aldehydes is 1. The molecule has 3 heteroatoms. The van der Waals surface area contributed by atoms with Crippen molar-refractivity contribution in [3.8, 4) is 5.75 Å². The van der Waals surface area contributed by atoms with E-state index in [4.69, 9.17) is 0 Å². The lowest BCUT2D eigenvalue weighted by molar-refractivity contribution is -0.121. The number of rotatable bonds is 4. The molecule has 0 atom stereocenters. The summed E-state index contributed by atoms with van der Waals surface area (Å²) in [5.41, 5.74) is 0.564. The second-order valence-electron chi connectivity index (χ2n) is 2.71. The molecule has 0 spiro atoms. The maximum Gasteiger partial charge on any atom is 0.144 e. The summed E-state index contributed by atoms with van der Waals surface area (Å²) in [5.74, 6) is -0.0850. The van der Waals surface area contributed by atoms with E-state index >= 15 is 0 Å². The van der Waals surface area contributed by atoms with Crippen LogP contribution in [0.15, 0.2) is 24.3 Å². The van der Waals surface area contributed by atoms with Crippen LogP contribution in [0, 0.1) is 0 Å². The van der Waals surface area contributed by atoms with E-state index in [0.717, 1.165) is 0 Å². The molecule has 1 aromatic rings. The maximum absolute atomic E-state index is 11.0. The zero-order valence-corrected chi connectivity index (χ0v) is 7.06. The van der Waals surface area contributed by atoms with E-state index in [0.29, 0.717) is 11.8 Å². The van der Waals surface area contributed by atoms with E-state index in [1.807, 2.05) is 0 Å². The van der Waals surface area contributed by atoms with Crippen LogP contribution in [-0.2, 0) is 16.0 Å². The number of hydrogen-bond donors (Lipinski definition) is 1. The van der Waals surface area contributed by atoms with Crippen LogP contribution >= 0.6 is 0 Å². The molecular formula is C10H10O3. The Morgan fingerprint density at radius 2 is 2.08 bits per heavy atom. The highest BCUT2D eigenvalue weighted by Crippen LogP contribution is 2.16. The van der Waals surface area contributed by atoms with Crippen molar-refractivity contribution in [3.63, 3.8) is 0 Å². The predicted molar refractivity (Wildman–Crippen MR) is 47.5 cm³/mol. The molecule has 13 heavy (non-hydrogen) atoms. The molecule has 0 amide bonds. The minimum Gasteiger partial charge on any atom is -0.508 e. The molecule has 0 aliphatic rings. The molecule has 0 aliphatic heterocycles. The van der Waals surface area contributed by atoms with Crippen molar-refractivity contribution in [3.05, 3.63) is 29.8 Å². The minimum absolute atomic E-state index is 0.0890. The van der Waals surface area contributed by atoms with Crippen LogP contribution in [0.3, 0.4) is 0 Å². The highest BCUT2D eigenvalue weighted by molar-refractivity contribution is 5.91. The molecule has 0 saturated heterocycles. The Bertz CT molecular complexity index is 318. The number of carbonyl (C=O) groups excluding carboxylic acids is 2. The van der Waals surface area contributed by atoms with Gasteiger partial charge in [-0.1, -0.05) is 18.2 Å². The molecule has 0 heterocycles. The Morgan fingerprint density at radius 3 is 2.69 bits per heavy atom. The van der Waals surface area contributed by atoms with Crippen molar-refractivity contribution in [2.75, 3.05) is 0 Å². The summed E-state index contributed by atoms with van der Waals surface area (Å²) in [6, 6.07) is 6.60. The molecule has 0 fully saturated rings. The molecule has 0 saturated carbocycles. The highest BCUT2D eigenvalue weighted by Gasteiger charge is 2.05. The van der Waals surface area contributed by atoms with Crippen LogP contribution in [-0.4, -0.2) is 17.2 Å². The standard InChI is InChI=1S/C10H10O3/c11-6-5-9(12)7-8-3-1-2-4-10(8)13/h1-4,6,13H,5,7H2. The predicted octanol–water partition coefficient (Wildman–Crippen LogP) is 1.09. The van der Waals surface area contributed by atoms with Gasteiger partial charge in [-0.25, -0.2) is 0 Å². The number of phenols is 1. The zero-order chi connectivity index (χ0) is 9.68. The number of para-hydroxylation sites is 1. The summed E-state index contributed by atoms with van der Waals surface area (Å²) >= 11 is 0. The van der Waals surface area contributed by atoms with Gasteiger partial charge in [0.05, 0.1) is 6.42 Å². The van der Waals surface area contributed by atoms with Gasteiger partial charge < -0.3 is 9.90 Å². The first kappa shape index (κ1) is 9.45. The topological polar surface area (TPSA) is 54.4 Å². The molecule has 0 radical (unpaired) electrons. The second-order valence-corrected chi connectivity index (χ2v) is 2.71. The summed E-state index contributed by atoms with van der Waals surface area (Å²) in [5, 5.41) is 9.29. The SMILES string of the molecule is O=CCC(=O)Cc1ccccc1O. The van der Waals surface area contributed by atoms with Crippen LogP contribution in [0.4, 0.5) is 0 Å². The Morgan fingerprint density at radius 1 is 1.38 bits per heavy atom. The lowest BCUT2D eigenvalue weighted by atomic mass is 10.1. The maximum atomic E-state index is 11.0. The zero-order valence-electron chi connectivity index (χ0n) is 7.06. The van der Waals surface area contributed by atoms with E-state index in [-0.39, 0.29) is 24.4 Å². The fraction of sp³-hybridized carbons (Fsp3) is 0.200. The van der Waals surface area contributed by atoms with Gasteiger partial charge in [0, 0.05) is 12.0 Å². The number of ketones is 1. The summed E-state index contributed by atoms with van der Waals surface area (Å²) in [4.78, 5) is 21.0. The van der Waals surface area contributed by atoms with Crippen molar-refractivity contribution in [2.45, 2.75) is 12.8 Å². The van der Waals surface area contributed by atoms with Crippen molar-refractivity contribution in [1.29, 1.82) is 0 Å². The van der Waals surface area contributed by atoms with Crippen LogP contribution < -0.4 is 0 Å². The van der Waals surface area contributed by atoms with Crippen LogP contribution in [0.25, 0.3) is 0 Å². The van der Waals surface area contributed by atoms with E-state index in [1.165, 1.54) is 6.07 Å². The first-order valence-corrected chi connectivity index (χ1v) is 3.96. The van der Waals surface area contributed by atoms with Gasteiger partial charge in [0.1, 0.15) is 17.8 Å². The molecule has 3 nitrogen and oxygen atoms in total. The van der Waals surface area contributed by atoms with Gasteiger partial charge >= 0.3 is 0 Å². The second kappa shape index (κ2) is 4.40. The summed E-state index contributed by atoms with van der Waals surface area (Å²) < 4.78 is 0.